The Labute approximate surface area is 99.4 Å². The van der Waals surface area contributed by atoms with E-state index >= 15 is 0 Å². The minimum Gasteiger partial charge on any atom is -0.399 e. The van der Waals surface area contributed by atoms with Gasteiger partial charge in [-0.25, -0.2) is 4.39 Å². The lowest BCUT2D eigenvalue weighted by Crippen LogP contribution is -2.46. The third kappa shape index (κ3) is 2.49. The fourth-order valence-corrected chi connectivity index (χ4v) is 2.14. The Morgan fingerprint density at radius 1 is 1.35 bits per heavy atom. The lowest BCUT2D eigenvalue weighted by atomic mass is 9.94. The number of benzene rings is 1. The summed E-state index contributed by atoms with van der Waals surface area (Å²) in [5, 5.41) is 0. The molecule has 2 rings (SSSR count). The van der Waals surface area contributed by atoms with E-state index in [1.54, 1.807) is 12.1 Å². The molecule has 1 aliphatic rings. The molecule has 0 saturated carbocycles. The Hall–Kier alpha value is -1.78. The second-order valence-electron chi connectivity index (χ2n) is 4.35. The number of anilines is 2. The van der Waals surface area contributed by atoms with Gasteiger partial charge in [0.1, 0.15) is 6.17 Å². The molecule has 1 aliphatic heterocycles. The van der Waals surface area contributed by atoms with E-state index < -0.39 is 18.0 Å². The van der Waals surface area contributed by atoms with Crippen molar-refractivity contribution in [3.05, 3.63) is 24.3 Å². The normalized spacial score (nSPS) is 24.6. The summed E-state index contributed by atoms with van der Waals surface area (Å²) >= 11 is 0. The van der Waals surface area contributed by atoms with Gasteiger partial charge in [-0.3, -0.25) is 4.79 Å². The van der Waals surface area contributed by atoms with Crippen LogP contribution in [0.15, 0.2) is 24.3 Å². The topological polar surface area (TPSA) is 72.4 Å². The van der Waals surface area contributed by atoms with Crippen molar-refractivity contribution >= 4 is 17.3 Å². The van der Waals surface area contributed by atoms with Crippen LogP contribution in [0.25, 0.3) is 0 Å². The predicted molar refractivity (Wildman–Crippen MR) is 65.3 cm³/mol. The van der Waals surface area contributed by atoms with Gasteiger partial charge in [0.15, 0.2) is 0 Å². The molecule has 1 fully saturated rings. The standard InChI is InChI=1S/C12H16FN3O/c13-11-7-16(6-5-10(11)12(15)17)9-3-1-8(14)2-4-9/h1-4,10-11H,5-7,14H2,(H2,15,17). The molecule has 1 amide bonds. The molecule has 0 aliphatic carbocycles. The number of nitrogen functional groups attached to an aromatic ring is 1. The minimum atomic E-state index is -1.20. The quantitative estimate of drug-likeness (QED) is 0.751. The van der Waals surface area contributed by atoms with Crippen LogP contribution in [0.2, 0.25) is 0 Å². The van der Waals surface area contributed by atoms with E-state index in [0.717, 1.165) is 5.69 Å². The van der Waals surface area contributed by atoms with Crippen molar-refractivity contribution in [3.63, 3.8) is 0 Å². The van der Waals surface area contributed by atoms with E-state index in [1.807, 2.05) is 17.0 Å². The largest absolute Gasteiger partial charge is 0.399 e. The highest BCUT2D eigenvalue weighted by Crippen LogP contribution is 2.25. The fraction of sp³-hybridized carbons (Fsp3) is 0.417. The van der Waals surface area contributed by atoms with E-state index in [4.69, 9.17) is 11.5 Å². The van der Waals surface area contributed by atoms with Gasteiger partial charge < -0.3 is 16.4 Å². The number of alkyl halides is 1. The van der Waals surface area contributed by atoms with Crippen molar-refractivity contribution < 1.29 is 9.18 Å². The number of amides is 1. The van der Waals surface area contributed by atoms with Crippen LogP contribution in [-0.4, -0.2) is 25.2 Å². The van der Waals surface area contributed by atoms with Crippen LogP contribution in [0.4, 0.5) is 15.8 Å². The van der Waals surface area contributed by atoms with Gasteiger partial charge in [0.25, 0.3) is 0 Å². The Morgan fingerprint density at radius 2 is 2.00 bits per heavy atom. The van der Waals surface area contributed by atoms with Crippen LogP contribution < -0.4 is 16.4 Å². The molecule has 5 heteroatoms. The Bertz CT molecular complexity index is 407. The third-order valence-electron chi connectivity index (χ3n) is 3.17. The minimum absolute atomic E-state index is 0.206. The molecule has 2 atom stereocenters. The SMILES string of the molecule is NC(=O)C1CCN(c2ccc(N)cc2)CC1F. The molecule has 17 heavy (non-hydrogen) atoms. The first-order chi connectivity index (χ1) is 8.08. The van der Waals surface area contributed by atoms with Gasteiger partial charge in [0.05, 0.1) is 5.92 Å². The van der Waals surface area contributed by atoms with E-state index in [9.17, 15) is 9.18 Å². The summed E-state index contributed by atoms with van der Waals surface area (Å²) in [5.41, 5.74) is 12.3. The number of primary amides is 1. The molecule has 4 N–H and O–H groups in total. The zero-order valence-electron chi connectivity index (χ0n) is 9.47. The summed E-state index contributed by atoms with van der Waals surface area (Å²) in [4.78, 5) is 12.9. The van der Waals surface area contributed by atoms with Crippen molar-refractivity contribution in [3.8, 4) is 0 Å². The third-order valence-corrected chi connectivity index (χ3v) is 3.17. The van der Waals surface area contributed by atoms with Crippen LogP contribution in [0.5, 0.6) is 0 Å². The molecule has 0 bridgehead atoms. The van der Waals surface area contributed by atoms with Crippen LogP contribution in [0.3, 0.4) is 0 Å². The number of halogens is 1. The van der Waals surface area contributed by atoms with Crippen LogP contribution in [0.1, 0.15) is 6.42 Å². The fourth-order valence-electron chi connectivity index (χ4n) is 2.14. The maximum Gasteiger partial charge on any atom is 0.223 e. The highest BCUT2D eigenvalue weighted by molar-refractivity contribution is 5.77. The maximum atomic E-state index is 13.7. The smallest absolute Gasteiger partial charge is 0.223 e. The monoisotopic (exact) mass is 237 g/mol. The number of rotatable bonds is 2. The number of carbonyl (C=O) groups is 1. The van der Waals surface area contributed by atoms with Crippen LogP contribution in [0, 0.1) is 5.92 Å². The number of carbonyl (C=O) groups excluding carboxylic acids is 1. The molecule has 1 aromatic rings. The van der Waals surface area contributed by atoms with Crippen LogP contribution in [-0.2, 0) is 4.79 Å². The number of piperidine rings is 1. The maximum absolute atomic E-state index is 13.7. The van der Waals surface area contributed by atoms with Crippen molar-refractivity contribution in [2.75, 3.05) is 23.7 Å². The van der Waals surface area contributed by atoms with Crippen LogP contribution >= 0.6 is 0 Å². The molecular weight excluding hydrogens is 221 g/mol. The molecule has 4 nitrogen and oxygen atoms in total. The van der Waals surface area contributed by atoms with Crippen molar-refractivity contribution in [2.45, 2.75) is 12.6 Å². The summed E-state index contributed by atoms with van der Waals surface area (Å²) < 4.78 is 13.7. The first kappa shape index (κ1) is 11.7. The zero-order chi connectivity index (χ0) is 12.4. The summed E-state index contributed by atoms with van der Waals surface area (Å²) in [6, 6.07) is 7.27. The molecule has 0 radical (unpaired) electrons. The Balaban J connectivity index is 2.06. The van der Waals surface area contributed by atoms with Gasteiger partial charge in [-0.2, -0.15) is 0 Å². The average molecular weight is 237 g/mol. The highest BCUT2D eigenvalue weighted by atomic mass is 19.1. The van der Waals surface area contributed by atoms with Gasteiger partial charge >= 0.3 is 0 Å². The molecule has 2 unspecified atom stereocenters. The Morgan fingerprint density at radius 3 is 2.53 bits per heavy atom. The molecule has 0 spiro atoms. The zero-order valence-corrected chi connectivity index (χ0v) is 9.47. The lowest BCUT2D eigenvalue weighted by molar-refractivity contribution is -0.124. The highest BCUT2D eigenvalue weighted by Gasteiger charge is 2.32. The van der Waals surface area contributed by atoms with Gasteiger partial charge in [-0.1, -0.05) is 0 Å². The summed E-state index contributed by atoms with van der Waals surface area (Å²) in [6.45, 7) is 0.843. The van der Waals surface area contributed by atoms with Crippen molar-refractivity contribution in [1.29, 1.82) is 0 Å². The number of hydrogen-bond donors (Lipinski definition) is 2. The number of nitrogens with zero attached hydrogens (tertiary/aromatic N) is 1. The summed E-state index contributed by atoms with van der Waals surface area (Å²) in [5.74, 6) is -1.20. The molecule has 0 aromatic heterocycles. The second kappa shape index (κ2) is 4.61. The first-order valence-corrected chi connectivity index (χ1v) is 5.62. The number of nitrogens with two attached hydrogens (primary N) is 2. The second-order valence-corrected chi connectivity index (χ2v) is 4.35. The average Bonchev–Trinajstić information content (AvgIpc) is 2.29. The van der Waals surface area contributed by atoms with Gasteiger partial charge in [-0.05, 0) is 30.7 Å². The summed E-state index contributed by atoms with van der Waals surface area (Å²) in [7, 11) is 0. The van der Waals surface area contributed by atoms with E-state index in [-0.39, 0.29) is 6.54 Å². The molecular formula is C12H16FN3O. The molecule has 1 aromatic carbocycles. The molecule has 1 saturated heterocycles. The van der Waals surface area contributed by atoms with Gasteiger partial charge in [-0.15, -0.1) is 0 Å². The Kier molecular flexibility index (Phi) is 3.17. The van der Waals surface area contributed by atoms with Crippen molar-refractivity contribution in [2.24, 2.45) is 11.7 Å². The van der Waals surface area contributed by atoms with Gasteiger partial charge in [0.2, 0.25) is 5.91 Å². The molecule has 92 valence electrons. The first-order valence-electron chi connectivity index (χ1n) is 5.62. The van der Waals surface area contributed by atoms with Gasteiger partial charge in [0, 0.05) is 24.5 Å². The lowest BCUT2D eigenvalue weighted by Gasteiger charge is -2.34. The molecule has 1 heterocycles. The van der Waals surface area contributed by atoms with E-state index in [1.165, 1.54) is 0 Å². The predicted octanol–water partition coefficient (Wildman–Crippen LogP) is 0.918. The van der Waals surface area contributed by atoms with Crippen molar-refractivity contribution in [1.82, 2.24) is 0 Å². The number of hydrogen-bond acceptors (Lipinski definition) is 3. The summed E-state index contributed by atoms with van der Waals surface area (Å²) in [6.07, 6.45) is -0.736. The van der Waals surface area contributed by atoms with E-state index in [2.05, 4.69) is 0 Å². The van der Waals surface area contributed by atoms with E-state index in [0.29, 0.717) is 18.7 Å².